The van der Waals surface area contributed by atoms with E-state index in [0.29, 0.717) is 36.0 Å². The van der Waals surface area contributed by atoms with Crippen LogP contribution in [-0.4, -0.2) is 37.8 Å². The van der Waals surface area contributed by atoms with Crippen molar-refractivity contribution in [3.63, 3.8) is 0 Å². The van der Waals surface area contributed by atoms with Gasteiger partial charge in [-0.2, -0.15) is 5.26 Å². The molecule has 6 nitrogen and oxygen atoms in total. The van der Waals surface area contributed by atoms with Crippen LogP contribution in [-0.2, 0) is 11.3 Å². The van der Waals surface area contributed by atoms with Crippen LogP contribution in [0.5, 0.6) is 5.75 Å². The lowest BCUT2D eigenvalue weighted by atomic mass is 10.2. The van der Waals surface area contributed by atoms with Gasteiger partial charge in [-0.15, -0.1) is 0 Å². The van der Waals surface area contributed by atoms with E-state index in [1.165, 1.54) is 0 Å². The van der Waals surface area contributed by atoms with E-state index in [1.807, 2.05) is 4.90 Å². The normalized spacial score (nSPS) is 10.3. The molecule has 0 aliphatic heterocycles. The SMILES string of the molecule is COCCN(CC#N)Cc1cc(Cl)ccc1OC(N)=O. The van der Waals surface area contributed by atoms with Crippen LogP contribution < -0.4 is 10.5 Å². The topological polar surface area (TPSA) is 88.6 Å². The van der Waals surface area contributed by atoms with Crippen molar-refractivity contribution < 1.29 is 14.3 Å². The van der Waals surface area contributed by atoms with Crippen molar-refractivity contribution in [2.75, 3.05) is 26.8 Å². The molecule has 0 heterocycles. The minimum atomic E-state index is -0.891. The number of carbonyl (C=O) groups is 1. The lowest BCUT2D eigenvalue weighted by Crippen LogP contribution is -2.28. The minimum absolute atomic E-state index is 0.228. The van der Waals surface area contributed by atoms with Crippen LogP contribution in [0.3, 0.4) is 0 Å². The number of nitrogens with zero attached hydrogens (tertiary/aromatic N) is 2. The molecule has 0 radical (unpaired) electrons. The third-order valence-corrected chi connectivity index (χ3v) is 2.77. The monoisotopic (exact) mass is 297 g/mol. The van der Waals surface area contributed by atoms with Gasteiger partial charge in [0.05, 0.1) is 19.2 Å². The fourth-order valence-corrected chi connectivity index (χ4v) is 1.85. The summed E-state index contributed by atoms with van der Waals surface area (Å²) in [7, 11) is 1.59. The van der Waals surface area contributed by atoms with Gasteiger partial charge in [0.15, 0.2) is 0 Å². The average molecular weight is 298 g/mol. The standard InChI is InChI=1S/C13H16ClN3O3/c1-19-7-6-17(5-4-15)9-10-8-11(14)2-3-12(10)20-13(16)18/h2-3,8H,5-7,9H2,1H3,(H2,16,18). The first-order valence-corrected chi connectivity index (χ1v) is 6.28. The Morgan fingerprint density at radius 1 is 1.55 bits per heavy atom. The molecule has 1 aromatic carbocycles. The highest BCUT2D eigenvalue weighted by molar-refractivity contribution is 6.30. The Morgan fingerprint density at radius 3 is 2.90 bits per heavy atom. The molecule has 1 rings (SSSR count). The molecular formula is C13H16ClN3O3. The Kier molecular flexibility index (Phi) is 6.81. The zero-order valence-corrected chi connectivity index (χ0v) is 11.9. The summed E-state index contributed by atoms with van der Waals surface area (Å²) in [6.45, 7) is 1.70. The van der Waals surface area contributed by atoms with Gasteiger partial charge >= 0.3 is 6.09 Å². The van der Waals surface area contributed by atoms with E-state index in [1.54, 1.807) is 25.3 Å². The van der Waals surface area contributed by atoms with Crippen molar-refractivity contribution >= 4 is 17.7 Å². The summed E-state index contributed by atoms with van der Waals surface area (Å²) in [5, 5.41) is 9.33. The molecule has 0 fully saturated rings. The molecule has 0 aliphatic carbocycles. The Bertz CT molecular complexity index is 502. The van der Waals surface area contributed by atoms with E-state index < -0.39 is 6.09 Å². The van der Waals surface area contributed by atoms with Gasteiger partial charge in [-0.1, -0.05) is 11.6 Å². The quantitative estimate of drug-likeness (QED) is 0.775. The number of benzene rings is 1. The number of methoxy groups -OCH3 is 1. The van der Waals surface area contributed by atoms with E-state index in [-0.39, 0.29) is 6.54 Å². The molecular weight excluding hydrogens is 282 g/mol. The number of amides is 1. The Hall–Kier alpha value is -1.81. The van der Waals surface area contributed by atoms with Gasteiger partial charge < -0.3 is 15.2 Å². The zero-order chi connectivity index (χ0) is 15.0. The minimum Gasteiger partial charge on any atom is -0.410 e. The first kappa shape index (κ1) is 16.2. The number of ether oxygens (including phenoxy) is 2. The first-order valence-electron chi connectivity index (χ1n) is 5.90. The lowest BCUT2D eigenvalue weighted by molar-refractivity contribution is 0.151. The predicted octanol–water partition coefficient (Wildman–Crippen LogP) is 1.77. The van der Waals surface area contributed by atoms with Gasteiger partial charge in [-0.25, -0.2) is 4.79 Å². The van der Waals surface area contributed by atoms with Gasteiger partial charge in [0.25, 0.3) is 0 Å². The number of nitriles is 1. The summed E-state index contributed by atoms with van der Waals surface area (Å²) in [6.07, 6.45) is -0.891. The highest BCUT2D eigenvalue weighted by Crippen LogP contribution is 2.24. The maximum Gasteiger partial charge on any atom is 0.409 e. The molecule has 0 aromatic heterocycles. The van der Waals surface area contributed by atoms with Crippen LogP contribution in [0.25, 0.3) is 0 Å². The molecule has 0 bridgehead atoms. The Balaban J connectivity index is 2.88. The van der Waals surface area contributed by atoms with Crippen LogP contribution in [0.2, 0.25) is 5.02 Å². The summed E-state index contributed by atoms with van der Waals surface area (Å²) >= 11 is 5.94. The van der Waals surface area contributed by atoms with Crippen molar-refractivity contribution in [1.29, 1.82) is 5.26 Å². The molecule has 20 heavy (non-hydrogen) atoms. The van der Waals surface area contributed by atoms with Crippen molar-refractivity contribution in [2.24, 2.45) is 5.73 Å². The van der Waals surface area contributed by atoms with Crippen LogP contribution in [0.4, 0.5) is 4.79 Å². The second-order valence-corrected chi connectivity index (χ2v) is 4.47. The first-order chi connectivity index (χ1) is 9.56. The van der Waals surface area contributed by atoms with E-state index >= 15 is 0 Å². The Morgan fingerprint density at radius 2 is 2.30 bits per heavy atom. The maximum absolute atomic E-state index is 10.9. The number of hydrogen-bond acceptors (Lipinski definition) is 5. The van der Waals surface area contributed by atoms with Crippen LogP contribution >= 0.6 is 11.6 Å². The highest BCUT2D eigenvalue weighted by atomic mass is 35.5. The van der Waals surface area contributed by atoms with Gasteiger partial charge in [0.2, 0.25) is 0 Å². The number of rotatable bonds is 7. The van der Waals surface area contributed by atoms with Crippen molar-refractivity contribution in [3.8, 4) is 11.8 Å². The van der Waals surface area contributed by atoms with Crippen LogP contribution in [0.1, 0.15) is 5.56 Å². The summed E-state index contributed by atoms with van der Waals surface area (Å²) in [5.41, 5.74) is 5.70. The van der Waals surface area contributed by atoms with Crippen molar-refractivity contribution in [1.82, 2.24) is 4.90 Å². The van der Waals surface area contributed by atoms with Gasteiger partial charge in [0.1, 0.15) is 5.75 Å². The third-order valence-electron chi connectivity index (χ3n) is 2.53. The predicted molar refractivity (Wildman–Crippen MR) is 74.4 cm³/mol. The molecule has 108 valence electrons. The second kappa shape index (κ2) is 8.38. The van der Waals surface area contributed by atoms with E-state index in [0.717, 1.165) is 0 Å². The molecule has 0 saturated heterocycles. The lowest BCUT2D eigenvalue weighted by Gasteiger charge is -2.20. The molecule has 1 aromatic rings. The number of carbonyl (C=O) groups excluding carboxylic acids is 1. The largest absolute Gasteiger partial charge is 0.410 e. The van der Waals surface area contributed by atoms with E-state index in [2.05, 4.69) is 6.07 Å². The summed E-state index contributed by atoms with van der Waals surface area (Å²) < 4.78 is 9.92. The molecule has 0 unspecified atom stereocenters. The summed E-state index contributed by atoms with van der Waals surface area (Å²) in [4.78, 5) is 12.7. The highest BCUT2D eigenvalue weighted by Gasteiger charge is 2.12. The number of halogens is 1. The summed E-state index contributed by atoms with van der Waals surface area (Å²) in [6, 6.07) is 6.93. The second-order valence-electron chi connectivity index (χ2n) is 4.03. The number of primary amides is 1. The molecule has 0 atom stereocenters. The maximum atomic E-state index is 10.9. The molecule has 0 spiro atoms. The fourth-order valence-electron chi connectivity index (χ4n) is 1.65. The number of nitrogens with two attached hydrogens (primary N) is 1. The number of hydrogen-bond donors (Lipinski definition) is 1. The molecule has 0 saturated carbocycles. The molecule has 1 amide bonds. The Labute approximate surface area is 122 Å². The molecule has 7 heteroatoms. The third kappa shape index (κ3) is 5.45. The molecule has 2 N–H and O–H groups in total. The fraction of sp³-hybridized carbons (Fsp3) is 0.385. The van der Waals surface area contributed by atoms with Crippen molar-refractivity contribution in [2.45, 2.75) is 6.54 Å². The van der Waals surface area contributed by atoms with Crippen LogP contribution in [0.15, 0.2) is 18.2 Å². The van der Waals surface area contributed by atoms with Crippen LogP contribution in [0, 0.1) is 11.3 Å². The van der Waals surface area contributed by atoms with Crippen molar-refractivity contribution in [3.05, 3.63) is 28.8 Å². The van der Waals surface area contributed by atoms with Gasteiger partial charge in [-0.05, 0) is 18.2 Å². The van der Waals surface area contributed by atoms with Gasteiger partial charge in [0, 0.05) is 30.8 Å². The van der Waals surface area contributed by atoms with Gasteiger partial charge in [-0.3, -0.25) is 4.90 Å². The average Bonchev–Trinajstić information content (AvgIpc) is 2.39. The van der Waals surface area contributed by atoms with E-state index in [9.17, 15) is 4.79 Å². The zero-order valence-electron chi connectivity index (χ0n) is 11.1. The summed E-state index contributed by atoms with van der Waals surface area (Å²) in [5.74, 6) is 0.335. The molecule has 0 aliphatic rings. The van der Waals surface area contributed by atoms with E-state index in [4.69, 9.17) is 32.1 Å². The smallest absolute Gasteiger partial charge is 0.409 e.